The number of aromatic hydroxyl groups is 1. The fourth-order valence-electron chi connectivity index (χ4n) is 2.01. The Morgan fingerprint density at radius 3 is 2.37 bits per heavy atom. The zero-order chi connectivity index (χ0) is 13.9. The van der Waals surface area contributed by atoms with Crippen LogP contribution in [0.2, 0.25) is 0 Å². The van der Waals surface area contributed by atoms with E-state index in [9.17, 15) is 10.2 Å². The van der Waals surface area contributed by atoms with Gasteiger partial charge in [-0.1, -0.05) is 29.8 Å². The number of nitrogens with one attached hydrogen (secondary N) is 1. The highest BCUT2D eigenvalue weighted by Gasteiger charge is 2.25. The van der Waals surface area contributed by atoms with Crippen LogP contribution in [0.5, 0.6) is 5.75 Å². The molecule has 3 N–H and O–H groups in total. The molecule has 3 heteroatoms. The van der Waals surface area contributed by atoms with Gasteiger partial charge < -0.3 is 15.5 Å². The third-order valence-corrected chi connectivity index (χ3v) is 3.27. The molecule has 2 rings (SSSR count). The van der Waals surface area contributed by atoms with E-state index in [1.54, 1.807) is 18.2 Å². The van der Waals surface area contributed by atoms with Crippen molar-refractivity contribution in [1.82, 2.24) is 0 Å². The molecule has 1 atom stereocenters. The molecular formula is C16H19NO2. The highest BCUT2D eigenvalue weighted by molar-refractivity contribution is 5.49. The maximum Gasteiger partial charge on any atom is 0.115 e. The van der Waals surface area contributed by atoms with Crippen LogP contribution in [-0.2, 0) is 5.54 Å². The number of rotatable bonds is 4. The summed E-state index contributed by atoms with van der Waals surface area (Å²) in [6.45, 7) is 3.87. The average molecular weight is 257 g/mol. The molecule has 19 heavy (non-hydrogen) atoms. The van der Waals surface area contributed by atoms with Crippen LogP contribution in [0.15, 0.2) is 48.5 Å². The van der Waals surface area contributed by atoms with E-state index in [-0.39, 0.29) is 12.4 Å². The van der Waals surface area contributed by atoms with E-state index in [0.717, 1.165) is 11.3 Å². The van der Waals surface area contributed by atoms with Gasteiger partial charge >= 0.3 is 0 Å². The minimum Gasteiger partial charge on any atom is -0.508 e. The van der Waals surface area contributed by atoms with E-state index >= 15 is 0 Å². The number of benzene rings is 2. The topological polar surface area (TPSA) is 52.5 Å². The first-order valence-corrected chi connectivity index (χ1v) is 6.29. The van der Waals surface area contributed by atoms with Crippen molar-refractivity contribution in [2.75, 3.05) is 11.9 Å². The second-order valence-corrected chi connectivity index (χ2v) is 5.03. The number of hydrogen-bond acceptors (Lipinski definition) is 3. The lowest BCUT2D eigenvalue weighted by atomic mass is 9.92. The Balaban J connectivity index is 2.30. The molecule has 0 aliphatic carbocycles. The van der Waals surface area contributed by atoms with E-state index in [1.807, 2.05) is 44.2 Å². The van der Waals surface area contributed by atoms with Gasteiger partial charge in [0.15, 0.2) is 0 Å². The average Bonchev–Trinajstić information content (AvgIpc) is 2.41. The van der Waals surface area contributed by atoms with Crippen molar-refractivity contribution in [3.63, 3.8) is 0 Å². The largest absolute Gasteiger partial charge is 0.508 e. The van der Waals surface area contributed by atoms with Gasteiger partial charge in [0, 0.05) is 5.69 Å². The number of phenols is 1. The third-order valence-electron chi connectivity index (χ3n) is 3.27. The zero-order valence-corrected chi connectivity index (χ0v) is 11.2. The fourth-order valence-corrected chi connectivity index (χ4v) is 2.01. The fraction of sp³-hybridized carbons (Fsp3) is 0.250. The van der Waals surface area contributed by atoms with Crippen molar-refractivity contribution >= 4 is 5.69 Å². The molecule has 0 fully saturated rings. The Bertz CT molecular complexity index is 551. The summed E-state index contributed by atoms with van der Waals surface area (Å²) in [7, 11) is 0. The van der Waals surface area contributed by atoms with Crippen molar-refractivity contribution in [2.45, 2.75) is 19.4 Å². The van der Waals surface area contributed by atoms with Crippen LogP contribution in [-0.4, -0.2) is 16.8 Å². The molecule has 0 bridgehead atoms. The Kier molecular flexibility index (Phi) is 3.76. The van der Waals surface area contributed by atoms with Gasteiger partial charge in [-0.3, -0.25) is 0 Å². The van der Waals surface area contributed by atoms with E-state index in [2.05, 4.69) is 5.32 Å². The summed E-state index contributed by atoms with van der Waals surface area (Å²) >= 11 is 0. The van der Waals surface area contributed by atoms with Gasteiger partial charge in [0.05, 0.1) is 12.1 Å². The molecule has 0 amide bonds. The van der Waals surface area contributed by atoms with Gasteiger partial charge in [0.2, 0.25) is 0 Å². The summed E-state index contributed by atoms with van der Waals surface area (Å²) in [5, 5.41) is 22.6. The normalized spacial score (nSPS) is 13.8. The Morgan fingerprint density at radius 2 is 1.79 bits per heavy atom. The monoisotopic (exact) mass is 257 g/mol. The molecule has 0 radical (unpaired) electrons. The molecule has 0 spiro atoms. The van der Waals surface area contributed by atoms with Crippen LogP contribution in [0.3, 0.4) is 0 Å². The van der Waals surface area contributed by atoms with Gasteiger partial charge in [0.1, 0.15) is 5.75 Å². The van der Waals surface area contributed by atoms with Crippen LogP contribution in [0.25, 0.3) is 0 Å². The first-order valence-electron chi connectivity index (χ1n) is 6.29. The first kappa shape index (κ1) is 13.4. The molecule has 0 aliphatic rings. The predicted molar refractivity (Wildman–Crippen MR) is 77.3 cm³/mol. The lowest BCUT2D eigenvalue weighted by Gasteiger charge is -2.30. The van der Waals surface area contributed by atoms with Crippen LogP contribution in [0, 0.1) is 6.92 Å². The second-order valence-electron chi connectivity index (χ2n) is 5.03. The van der Waals surface area contributed by atoms with Crippen molar-refractivity contribution < 1.29 is 10.2 Å². The van der Waals surface area contributed by atoms with Crippen molar-refractivity contribution in [2.24, 2.45) is 0 Å². The molecule has 2 aromatic rings. The van der Waals surface area contributed by atoms with Crippen molar-refractivity contribution in [1.29, 1.82) is 0 Å². The minimum absolute atomic E-state index is 0.0651. The predicted octanol–water partition coefficient (Wildman–Crippen LogP) is 3.02. The Labute approximate surface area is 113 Å². The lowest BCUT2D eigenvalue weighted by molar-refractivity contribution is 0.224. The molecule has 1 unspecified atom stereocenters. The number of hydrogen-bond donors (Lipinski definition) is 3. The SMILES string of the molecule is Cc1ccc(NC(C)(CO)c2cccc(O)c2)cc1. The number of phenolic OH excluding ortho intramolecular Hbond substituents is 1. The van der Waals surface area contributed by atoms with E-state index < -0.39 is 5.54 Å². The van der Waals surface area contributed by atoms with Crippen LogP contribution in [0.1, 0.15) is 18.1 Å². The minimum atomic E-state index is -0.631. The van der Waals surface area contributed by atoms with E-state index in [0.29, 0.717) is 0 Å². The maximum atomic E-state index is 9.70. The third kappa shape index (κ3) is 3.06. The van der Waals surface area contributed by atoms with Gasteiger partial charge in [-0.25, -0.2) is 0 Å². The highest BCUT2D eigenvalue weighted by atomic mass is 16.3. The number of aliphatic hydroxyl groups is 1. The standard InChI is InChI=1S/C16H19NO2/c1-12-6-8-14(9-7-12)17-16(2,11-18)13-4-3-5-15(19)10-13/h3-10,17-19H,11H2,1-2H3. The number of aryl methyl sites for hydroxylation is 1. The Hall–Kier alpha value is -2.00. The van der Waals surface area contributed by atoms with Crippen molar-refractivity contribution in [3.8, 4) is 5.75 Å². The Morgan fingerprint density at radius 1 is 1.11 bits per heavy atom. The zero-order valence-electron chi connectivity index (χ0n) is 11.2. The summed E-state index contributed by atoms with van der Waals surface area (Å²) in [5.74, 6) is 0.197. The number of aliphatic hydroxyl groups excluding tert-OH is 1. The van der Waals surface area contributed by atoms with Crippen LogP contribution in [0.4, 0.5) is 5.69 Å². The summed E-state index contributed by atoms with van der Waals surface area (Å²) in [4.78, 5) is 0. The van der Waals surface area contributed by atoms with Gasteiger partial charge in [-0.2, -0.15) is 0 Å². The number of anilines is 1. The summed E-state index contributed by atoms with van der Waals surface area (Å²) in [5.41, 5.74) is 2.34. The molecule has 0 saturated carbocycles. The molecule has 2 aromatic carbocycles. The quantitative estimate of drug-likeness (QED) is 0.789. The summed E-state index contributed by atoms with van der Waals surface area (Å²) in [6.07, 6.45) is 0. The summed E-state index contributed by atoms with van der Waals surface area (Å²) < 4.78 is 0. The smallest absolute Gasteiger partial charge is 0.115 e. The van der Waals surface area contributed by atoms with E-state index in [1.165, 1.54) is 5.56 Å². The van der Waals surface area contributed by atoms with Crippen molar-refractivity contribution in [3.05, 3.63) is 59.7 Å². The van der Waals surface area contributed by atoms with Crippen LogP contribution >= 0.6 is 0 Å². The first-order chi connectivity index (χ1) is 9.03. The van der Waals surface area contributed by atoms with Gasteiger partial charge in [-0.05, 0) is 43.7 Å². The molecule has 0 saturated heterocycles. The highest BCUT2D eigenvalue weighted by Crippen LogP contribution is 2.28. The second kappa shape index (κ2) is 5.33. The molecule has 0 aliphatic heterocycles. The molecule has 3 nitrogen and oxygen atoms in total. The summed E-state index contributed by atoms with van der Waals surface area (Å²) in [6, 6.07) is 14.9. The molecule has 0 heterocycles. The molecule has 100 valence electrons. The molecule has 0 aromatic heterocycles. The van der Waals surface area contributed by atoms with Gasteiger partial charge in [-0.15, -0.1) is 0 Å². The lowest BCUT2D eigenvalue weighted by Crippen LogP contribution is -2.35. The van der Waals surface area contributed by atoms with Gasteiger partial charge in [0.25, 0.3) is 0 Å². The maximum absolute atomic E-state index is 9.70. The van der Waals surface area contributed by atoms with E-state index in [4.69, 9.17) is 0 Å². The van der Waals surface area contributed by atoms with Crippen LogP contribution < -0.4 is 5.32 Å². The molecular weight excluding hydrogens is 238 g/mol.